The minimum absolute atomic E-state index is 0.0171. The number of anilines is 3. The summed E-state index contributed by atoms with van der Waals surface area (Å²) in [6.07, 6.45) is -3.17. The van der Waals surface area contributed by atoms with Crippen molar-refractivity contribution in [2.45, 2.75) is 45.2 Å². The molecule has 3 unspecified atom stereocenters. The first kappa shape index (κ1) is 31.4. The molecule has 1 aromatic carbocycles. The number of H-pyrrole nitrogens is 1. The number of nitrogens with zero attached hydrogens (tertiary/aromatic N) is 4. The molecule has 0 radical (unpaired) electrons. The van der Waals surface area contributed by atoms with Gasteiger partial charge in [0, 0.05) is 68.9 Å². The van der Waals surface area contributed by atoms with E-state index >= 15 is 8.78 Å². The number of nitrogens with one attached hydrogen (secondary N) is 2. The Morgan fingerprint density at radius 3 is 2.36 bits per heavy atom. The molecule has 3 atom stereocenters. The summed E-state index contributed by atoms with van der Waals surface area (Å²) >= 11 is 0. The number of rotatable bonds is 5. The Kier molecular flexibility index (Phi) is 8.67. The zero-order valence-corrected chi connectivity index (χ0v) is 24.6. The molecule has 4 heterocycles. The molecule has 9 nitrogen and oxygen atoms in total. The van der Waals surface area contributed by atoms with Crippen LogP contribution in [0.25, 0.3) is 11.1 Å². The maximum Gasteiger partial charge on any atom is 0.417 e. The van der Waals surface area contributed by atoms with E-state index in [0.717, 1.165) is 6.07 Å². The van der Waals surface area contributed by atoms with Crippen molar-refractivity contribution in [3.05, 3.63) is 69.8 Å². The fourth-order valence-corrected chi connectivity index (χ4v) is 5.67. The molecule has 1 amide bonds. The van der Waals surface area contributed by atoms with Crippen molar-refractivity contribution in [1.82, 2.24) is 14.9 Å². The van der Waals surface area contributed by atoms with Crippen LogP contribution in [0.5, 0.6) is 0 Å². The first-order valence-electron chi connectivity index (χ1n) is 14.2. The highest BCUT2D eigenvalue weighted by Gasteiger charge is 2.37. The first-order valence-corrected chi connectivity index (χ1v) is 14.2. The third kappa shape index (κ3) is 6.41. The van der Waals surface area contributed by atoms with Crippen LogP contribution in [-0.2, 0) is 10.9 Å². The van der Waals surface area contributed by atoms with Gasteiger partial charge in [0.05, 0.1) is 34.6 Å². The smallest absolute Gasteiger partial charge is 0.372 e. The topological polar surface area (TPSA) is 93.8 Å². The quantitative estimate of drug-likeness (QED) is 0.398. The van der Waals surface area contributed by atoms with Crippen LogP contribution in [0.1, 0.15) is 36.7 Å². The molecular weight excluding hydrogens is 587 g/mol. The highest BCUT2D eigenvalue weighted by Crippen LogP contribution is 2.40. The average Bonchev–Trinajstić information content (AvgIpc) is 2.95. The summed E-state index contributed by atoms with van der Waals surface area (Å²) in [5.74, 6) is -2.82. The maximum atomic E-state index is 16.4. The van der Waals surface area contributed by atoms with Gasteiger partial charge in [0.2, 0.25) is 5.56 Å². The Balaban J connectivity index is 1.57. The van der Waals surface area contributed by atoms with Crippen molar-refractivity contribution in [1.29, 1.82) is 0 Å². The summed E-state index contributed by atoms with van der Waals surface area (Å²) in [5, 5.41) is 2.26. The fraction of sp³-hybridized carbons (Fsp3) is 0.433. The number of carbonyl (C=O) groups excluding carboxylic acids is 1. The average molecular weight is 621 g/mol. The monoisotopic (exact) mass is 620 g/mol. The lowest BCUT2D eigenvalue weighted by Gasteiger charge is -2.40. The molecule has 0 bridgehead atoms. The van der Waals surface area contributed by atoms with E-state index in [1.54, 1.807) is 11.0 Å². The molecular formula is C30H33F5N6O3. The van der Waals surface area contributed by atoms with Gasteiger partial charge in [0.25, 0.3) is 5.91 Å². The van der Waals surface area contributed by atoms with Crippen LogP contribution in [0.3, 0.4) is 0 Å². The normalized spacial score (nSPS) is 21.4. The molecule has 2 fully saturated rings. The molecule has 0 aliphatic carbocycles. The largest absolute Gasteiger partial charge is 0.417 e. The molecule has 236 valence electrons. The number of piperazine rings is 1. The Bertz CT molecular complexity index is 1590. The second-order valence-electron chi connectivity index (χ2n) is 11.4. The molecule has 44 heavy (non-hydrogen) atoms. The zero-order valence-electron chi connectivity index (χ0n) is 24.6. The van der Waals surface area contributed by atoms with Gasteiger partial charge in [0.1, 0.15) is 17.3 Å². The molecule has 2 aromatic heterocycles. The number of carbonyl (C=O) groups is 1. The van der Waals surface area contributed by atoms with E-state index in [0.29, 0.717) is 44.7 Å². The molecule has 3 aromatic rings. The molecule has 2 N–H and O–H groups in total. The van der Waals surface area contributed by atoms with Gasteiger partial charge in [0.15, 0.2) is 5.82 Å². The lowest BCUT2D eigenvalue weighted by atomic mass is 10.0. The van der Waals surface area contributed by atoms with Crippen molar-refractivity contribution < 1.29 is 31.5 Å². The van der Waals surface area contributed by atoms with Gasteiger partial charge < -0.3 is 29.7 Å². The molecule has 0 spiro atoms. The fourth-order valence-electron chi connectivity index (χ4n) is 5.67. The van der Waals surface area contributed by atoms with Crippen LogP contribution >= 0.6 is 0 Å². The van der Waals surface area contributed by atoms with Crippen LogP contribution in [0, 0.1) is 11.6 Å². The highest BCUT2D eigenvalue weighted by atomic mass is 19.4. The zero-order chi connectivity index (χ0) is 31.9. The van der Waals surface area contributed by atoms with Crippen LogP contribution in [0.4, 0.5) is 39.1 Å². The SMILES string of the molecule is CC1CN(c2ccc(-c3c(F)cc(N4CCN(C)C(C)C4)c(NC(=O)c4c[nH]c(=O)cc4C(F)(F)F)c3F)cn2)CC(C)O1. The standard InChI is InChI=1S/C30H33F5N6O3/c1-16-13-40(8-7-39(16)4)23-10-22(31)26(19-5-6-24(36-11-19)41-14-17(2)44-18(3)15-41)27(32)28(23)38-29(43)20-12-37-25(42)9-21(20)30(33,34)35/h5-6,9-12,16-18H,7-8,13-15H2,1-4H3,(H,37,42)(H,38,43). The number of alkyl halides is 3. The lowest BCUT2D eigenvalue weighted by Crippen LogP contribution is -2.50. The van der Waals surface area contributed by atoms with Gasteiger partial charge in [-0.3, -0.25) is 9.59 Å². The van der Waals surface area contributed by atoms with Gasteiger partial charge in [-0.25, -0.2) is 13.8 Å². The molecule has 2 aliphatic heterocycles. The van der Waals surface area contributed by atoms with Crippen molar-refractivity contribution in [2.24, 2.45) is 0 Å². The molecule has 2 aliphatic rings. The third-order valence-corrected chi connectivity index (χ3v) is 7.99. The van der Waals surface area contributed by atoms with E-state index in [4.69, 9.17) is 4.74 Å². The number of halogens is 5. The minimum atomic E-state index is -5.04. The van der Waals surface area contributed by atoms with Gasteiger partial charge in [-0.05, 0) is 40.0 Å². The van der Waals surface area contributed by atoms with Crippen LogP contribution in [0.2, 0.25) is 0 Å². The number of morpholine rings is 1. The van der Waals surface area contributed by atoms with Crippen LogP contribution in [0.15, 0.2) is 41.5 Å². The Morgan fingerprint density at radius 1 is 1.05 bits per heavy atom. The second kappa shape index (κ2) is 12.2. The predicted octanol–water partition coefficient (Wildman–Crippen LogP) is 4.74. The Labute approximate surface area is 250 Å². The minimum Gasteiger partial charge on any atom is -0.372 e. The lowest BCUT2D eigenvalue weighted by molar-refractivity contribution is -0.138. The second-order valence-corrected chi connectivity index (χ2v) is 11.4. The summed E-state index contributed by atoms with van der Waals surface area (Å²) in [7, 11) is 1.90. The van der Waals surface area contributed by atoms with E-state index in [1.165, 1.54) is 12.3 Å². The third-order valence-electron chi connectivity index (χ3n) is 7.99. The van der Waals surface area contributed by atoms with Gasteiger partial charge in [-0.1, -0.05) is 0 Å². The number of pyridine rings is 2. The first-order chi connectivity index (χ1) is 20.7. The maximum absolute atomic E-state index is 16.4. The summed E-state index contributed by atoms with van der Waals surface area (Å²) in [6, 6.07) is 4.44. The number of hydrogen-bond acceptors (Lipinski definition) is 7. The highest BCUT2D eigenvalue weighted by molar-refractivity contribution is 6.07. The molecule has 5 rings (SSSR count). The number of ether oxygens (including phenoxy) is 1. The predicted molar refractivity (Wildman–Crippen MR) is 156 cm³/mol. The van der Waals surface area contributed by atoms with Crippen molar-refractivity contribution in [3.63, 3.8) is 0 Å². The summed E-state index contributed by atoms with van der Waals surface area (Å²) in [5.41, 5.74) is -4.38. The number of aromatic amines is 1. The summed E-state index contributed by atoms with van der Waals surface area (Å²) in [4.78, 5) is 37.1. The number of benzene rings is 1. The van der Waals surface area contributed by atoms with Gasteiger partial charge >= 0.3 is 6.18 Å². The van der Waals surface area contributed by atoms with E-state index < -0.39 is 51.7 Å². The molecule has 0 saturated carbocycles. The summed E-state index contributed by atoms with van der Waals surface area (Å²) < 4.78 is 79.1. The Morgan fingerprint density at radius 2 is 1.75 bits per heavy atom. The van der Waals surface area contributed by atoms with Crippen molar-refractivity contribution >= 4 is 23.1 Å². The van der Waals surface area contributed by atoms with E-state index in [1.807, 2.05) is 32.7 Å². The number of aromatic nitrogens is 2. The molecule has 14 heteroatoms. The van der Waals surface area contributed by atoms with E-state index in [2.05, 4.69) is 20.2 Å². The van der Waals surface area contributed by atoms with E-state index in [9.17, 15) is 22.8 Å². The van der Waals surface area contributed by atoms with Gasteiger partial charge in [-0.15, -0.1) is 0 Å². The van der Waals surface area contributed by atoms with Crippen molar-refractivity contribution in [2.75, 3.05) is 54.9 Å². The number of hydrogen-bond donors (Lipinski definition) is 2. The van der Waals surface area contributed by atoms with Gasteiger partial charge in [-0.2, -0.15) is 13.2 Å². The van der Waals surface area contributed by atoms with Crippen molar-refractivity contribution in [3.8, 4) is 11.1 Å². The number of amides is 1. The number of likely N-dealkylation sites (N-methyl/N-ethyl adjacent to an activating group) is 1. The summed E-state index contributed by atoms with van der Waals surface area (Å²) in [6.45, 7) is 8.19. The van der Waals surface area contributed by atoms with Crippen LogP contribution < -0.4 is 20.7 Å². The van der Waals surface area contributed by atoms with E-state index in [-0.39, 0.29) is 35.6 Å². The van der Waals surface area contributed by atoms with Crippen LogP contribution in [-0.4, -0.2) is 78.8 Å². The Hall–Kier alpha value is -4.04. The molecule has 2 saturated heterocycles.